The molecule has 3 aromatic rings. The normalized spacial score (nSPS) is 27.6. The van der Waals surface area contributed by atoms with Crippen LogP contribution in [0.25, 0.3) is 0 Å². The van der Waals surface area contributed by atoms with E-state index in [0.29, 0.717) is 19.8 Å². The van der Waals surface area contributed by atoms with Gasteiger partial charge in [0.15, 0.2) is 17.5 Å². The molecule has 2 saturated carbocycles. The lowest BCUT2D eigenvalue weighted by Gasteiger charge is -2.67. The quantitative estimate of drug-likeness (QED) is 0.0462. The summed E-state index contributed by atoms with van der Waals surface area (Å²) in [5, 5.41) is 31.7. The van der Waals surface area contributed by atoms with Crippen molar-refractivity contribution >= 4 is 47.4 Å². The van der Waals surface area contributed by atoms with Crippen molar-refractivity contribution in [3.8, 4) is 0 Å². The molecular weight excluding hydrogens is 1010 g/mol. The van der Waals surface area contributed by atoms with Crippen LogP contribution in [0.2, 0.25) is 0 Å². The van der Waals surface area contributed by atoms with E-state index in [1.807, 2.05) is 6.92 Å². The summed E-state index contributed by atoms with van der Waals surface area (Å²) >= 11 is 0. The van der Waals surface area contributed by atoms with Gasteiger partial charge >= 0.3 is 29.8 Å². The van der Waals surface area contributed by atoms with Crippen LogP contribution in [0.4, 0.5) is 0 Å². The molecule has 1 aliphatic heterocycles. The maximum atomic E-state index is 15.8. The van der Waals surface area contributed by atoms with E-state index in [1.165, 1.54) is 52.0 Å². The minimum atomic E-state index is -2.50. The van der Waals surface area contributed by atoms with Gasteiger partial charge in [-0.15, -0.1) is 0 Å². The molecule has 0 aromatic heterocycles. The van der Waals surface area contributed by atoms with Crippen molar-refractivity contribution in [1.29, 1.82) is 0 Å². The van der Waals surface area contributed by atoms with Crippen LogP contribution >= 0.6 is 0 Å². The lowest BCUT2D eigenvalue weighted by molar-refractivity contribution is -0.346. The van der Waals surface area contributed by atoms with Gasteiger partial charge in [-0.2, -0.15) is 0 Å². The Morgan fingerprint density at radius 3 is 1.99 bits per heavy atom. The lowest BCUT2D eigenvalue weighted by Crippen LogP contribution is -2.82. The zero-order valence-electron chi connectivity index (χ0n) is 45.0. The molecule has 1 heterocycles. The summed E-state index contributed by atoms with van der Waals surface area (Å²) in [4.78, 5) is 113. The number of hydrogen-bond acceptors (Lipinski definition) is 18. The van der Waals surface area contributed by atoms with Gasteiger partial charge in [-0.1, -0.05) is 87.5 Å². The van der Waals surface area contributed by atoms with Crippen LogP contribution in [-0.2, 0) is 66.7 Å². The summed E-state index contributed by atoms with van der Waals surface area (Å²) in [5.41, 5.74) is -7.69. The summed E-state index contributed by atoms with van der Waals surface area (Å²) in [5.74, 6) is -8.77. The third-order valence-corrected chi connectivity index (χ3v) is 15.6. The molecule has 3 aromatic carbocycles. The largest absolute Gasteiger partial charge is 0.455 e. The Hall–Kier alpha value is -6.84. The van der Waals surface area contributed by atoms with Crippen molar-refractivity contribution in [3.63, 3.8) is 0 Å². The molecule has 3 aliphatic carbocycles. The van der Waals surface area contributed by atoms with E-state index in [2.05, 4.69) is 10.6 Å². The highest BCUT2D eigenvalue weighted by molar-refractivity contribution is 5.96. The fourth-order valence-corrected chi connectivity index (χ4v) is 11.5. The van der Waals surface area contributed by atoms with Crippen molar-refractivity contribution in [1.82, 2.24) is 10.6 Å². The van der Waals surface area contributed by atoms with Crippen molar-refractivity contribution in [3.05, 3.63) is 119 Å². The number of ketones is 1. The summed E-state index contributed by atoms with van der Waals surface area (Å²) in [6, 6.07) is 22.4. The number of nitrogens with one attached hydrogen (secondary N) is 2. The number of esters is 5. The van der Waals surface area contributed by atoms with Gasteiger partial charge in [-0.3, -0.25) is 28.8 Å². The number of fused-ring (bicyclic) bond motifs is 5. The first-order valence-corrected chi connectivity index (χ1v) is 26.2. The number of hydrogen-bond donors (Lipinski definition) is 4. The molecule has 7 rings (SSSR count). The molecule has 2 unspecified atom stereocenters. The van der Waals surface area contributed by atoms with Crippen molar-refractivity contribution in [2.75, 3.05) is 39.6 Å². The second-order valence-electron chi connectivity index (χ2n) is 20.9. The molecule has 0 spiro atoms. The lowest BCUT2D eigenvalue weighted by atomic mass is 9.44. The maximum Gasteiger partial charge on any atom is 0.350 e. The Balaban J connectivity index is 1.32. The van der Waals surface area contributed by atoms with E-state index in [9.17, 15) is 39.0 Å². The first-order chi connectivity index (χ1) is 37.1. The molecule has 3 fully saturated rings. The Bertz CT molecular complexity index is 2720. The predicted molar refractivity (Wildman–Crippen MR) is 276 cm³/mol. The number of amides is 2. The Morgan fingerprint density at radius 2 is 1.40 bits per heavy atom. The number of aliphatic hydroxyl groups excluding tert-OH is 1. The summed E-state index contributed by atoms with van der Waals surface area (Å²) in [7, 11) is 0. The van der Waals surface area contributed by atoms with Gasteiger partial charge in [0.25, 0.3) is 5.91 Å². The fraction of sp³-hybridized carbons (Fsp3) is 0.517. The van der Waals surface area contributed by atoms with Crippen LogP contribution in [-0.4, -0.2) is 145 Å². The topological polar surface area (TPSA) is 275 Å². The van der Waals surface area contributed by atoms with E-state index in [4.69, 9.17) is 37.9 Å². The second kappa shape index (κ2) is 24.9. The summed E-state index contributed by atoms with van der Waals surface area (Å²) in [6.45, 7) is 11.4. The third kappa shape index (κ3) is 12.1. The SMILES string of the molecule is CCCOCCOCCNC(=O)CCC(=O)O[C@@H](C(=O)OC1C[C@@]2(O)[C@@H](OC(=O)c3ccccc3)[C@@H]3[C@]4(OC(C)=O)CO[C@@H]4C[C@H](O)[C@@]3(C)C(=O)[C@H](OC(C)=O)C(=C1C)C2(C)C)C(NC(=O)c1ccccc1)c1ccccc1. The number of aliphatic hydroxyl groups is 2. The Kier molecular flexibility index (Phi) is 18.8. The number of carbonyl (C=O) groups is 8. The molecular formula is C58H70N2O18. The van der Waals surface area contributed by atoms with Gasteiger partial charge in [-0.25, -0.2) is 9.59 Å². The number of benzene rings is 3. The van der Waals surface area contributed by atoms with E-state index < -0.39 is 131 Å². The number of rotatable bonds is 22. The predicted octanol–water partition coefficient (Wildman–Crippen LogP) is 4.63. The second-order valence-corrected chi connectivity index (χ2v) is 20.9. The number of Topliss-reactive ketones (excluding diaryl/α,β-unsaturated/α-hetero) is 1. The molecule has 0 radical (unpaired) electrons. The zero-order valence-corrected chi connectivity index (χ0v) is 45.0. The molecule has 20 nitrogen and oxygen atoms in total. The Labute approximate surface area is 452 Å². The number of carbonyl (C=O) groups excluding carboxylic acids is 8. The molecule has 4 N–H and O–H groups in total. The first kappa shape index (κ1) is 58.8. The van der Waals surface area contributed by atoms with Crippen LogP contribution in [0, 0.1) is 16.7 Å². The molecule has 11 atom stereocenters. The summed E-state index contributed by atoms with van der Waals surface area (Å²) < 4.78 is 47.7. The fourth-order valence-electron chi connectivity index (χ4n) is 11.5. The molecule has 1 saturated heterocycles. The maximum absolute atomic E-state index is 15.8. The van der Waals surface area contributed by atoms with Gasteiger partial charge in [-0.05, 0) is 61.2 Å². The minimum Gasteiger partial charge on any atom is -0.455 e. The highest BCUT2D eigenvalue weighted by Crippen LogP contribution is 2.64. The summed E-state index contributed by atoms with van der Waals surface area (Å²) in [6.07, 6.45) is -11.1. The molecule has 2 bridgehead atoms. The molecule has 420 valence electrons. The van der Waals surface area contributed by atoms with Gasteiger partial charge in [0.2, 0.25) is 12.0 Å². The van der Waals surface area contributed by atoms with E-state index in [1.54, 1.807) is 66.7 Å². The van der Waals surface area contributed by atoms with Crippen LogP contribution in [0.5, 0.6) is 0 Å². The van der Waals surface area contributed by atoms with Gasteiger partial charge in [0.05, 0.1) is 55.8 Å². The van der Waals surface area contributed by atoms with Crippen LogP contribution in [0.15, 0.2) is 102 Å². The van der Waals surface area contributed by atoms with E-state index in [-0.39, 0.29) is 60.4 Å². The van der Waals surface area contributed by atoms with E-state index >= 15 is 9.59 Å². The average Bonchev–Trinajstić information content (AvgIpc) is 3.18. The molecule has 20 heteroatoms. The van der Waals surface area contributed by atoms with Gasteiger partial charge in [0, 0.05) is 57.2 Å². The van der Waals surface area contributed by atoms with Gasteiger partial charge < -0.3 is 58.7 Å². The molecule has 2 amide bonds. The van der Waals surface area contributed by atoms with E-state index in [0.717, 1.165) is 20.3 Å². The van der Waals surface area contributed by atoms with Crippen LogP contribution in [0.3, 0.4) is 0 Å². The van der Waals surface area contributed by atoms with Crippen LogP contribution in [0.1, 0.15) is 113 Å². The first-order valence-electron chi connectivity index (χ1n) is 26.2. The monoisotopic (exact) mass is 1080 g/mol. The standard InChI is InChI=1S/C58H70N2O18/c1-8-27-71-29-30-72-28-26-59-43(64)24-25-44(65)76-48(46(37-18-12-9-13-19-37)60-52(67)38-20-14-10-15-21-38)54(69)75-40-32-58(70)51(77-53(68)39-22-16-11-17-23-39)49-56(7,41(63)31-42-57(49,33-73-42)78-36(4)62)50(66)47(74-35(3)61)45(34(40)2)55(58,5)6/h9-23,40-42,46-49,51,63,70H,8,24-33H2,1-7H3,(H,59,64)(H,60,67)/t40?,41-,42+,46?,47+,48+,49-,51-,56+,57-,58+/m0/s1. The minimum absolute atomic E-state index is 0.0289. The molecule has 78 heavy (non-hydrogen) atoms. The zero-order chi connectivity index (χ0) is 56.6. The highest BCUT2D eigenvalue weighted by atomic mass is 16.6. The smallest absolute Gasteiger partial charge is 0.350 e. The van der Waals surface area contributed by atoms with Crippen molar-refractivity contribution in [2.45, 2.75) is 134 Å². The highest BCUT2D eigenvalue weighted by Gasteiger charge is 2.78. The third-order valence-electron chi connectivity index (χ3n) is 15.6. The Morgan fingerprint density at radius 1 is 0.782 bits per heavy atom. The van der Waals surface area contributed by atoms with Crippen molar-refractivity contribution < 1.29 is 86.5 Å². The van der Waals surface area contributed by atoms with Gasteiger partial charge in [0.1, 0.15) is 30.0 Å². The number of ether oxygens (including phenoxy) is 8. The average molecular weight is 1080 g/mol. The van der Waals surface area contributed by atoms with Crippen molar-refractivity contribution in [2.24, 2.45) is 16.7 Å². The molecule has 4 aliphatic rings. The van der Waals surface area contributed by atoms with Crippen LogP contribution < -0.4 is 10.6 Å².